The number of pyridine rings is 1. The first kappa shape index (κ1) is 22.0. The van der Waals surface area contributed by atoms with E-state index in [9.17, 15) is 9.59 Å². The summed E-state index contributed by atoms with van der Waals surface area (Å²) in [5.74, 6) is 0.168. The lowest BCUT2D eigenvalue weighted by molar-refractivity contribution is -0.139. The van der Waals surface area contributed by atoms with E-state index in [0.29, 0.717) is 29.9 Å². The number of aromatic nitrogens is 1. The van der Waals surface area contributed by atoms with Crippen molar-refractivity contribution in [3.8, 4) is 5.75 Å². The minimum absolute atomic E-state index is 0.0357. The molecule has 2 atom stereocenters. The van der Waals surface area contributed by atoms with E-state index < -0.39 is 0 Å². The first-order valence-corrected chi connectivity index (χ1v) is 11.0. The maximum absolute atomic E-state index is 13.6. The largest absolute Gasteiger partial charge is 0.491 e. The van der Waals surface area contributed by atoms with Crippen LogP contribution in [0.4, 0.5) is 0 Å². The average molecular weight is 436 g/mol. The third-order valence-electron chi connectivity index (χ3n) is 5.48. The van der Waals surface area contributed by atoms with Gasteiger partial charge in [0.25, 0.3) is 11.8 Å². The summed E-state index contributed by atoms with van der Waals surface area (Å²) in [6.45, 7) is 9.21. The van der Waals surface area contributed by atoms with Gasteiger partial charge in [0, 0.05) is 25.5 Å². The van der Waals surface area contributed by atoms with Crippen molar-refractivity contribution in [2.45, 2.75) is 52.6 Å². The SMILES string of the molecule is CC(C)Oc1ccc(C2=C(N3CC(C)OC(C)C3)C(=O)N(Cc3ccncc3)C2=O)cc1. The average Bonchev–Trinajstić information content (AvgIpc) is 2.99. The van der Waals surface area contributed by atoms with Crippen LogP contribution in [0.3, 0.4) is 0 Å². The maximum atomic E-state index is 13.6. The summed E-state index contributed by atoms with van der Waals surface area (Å²) in [7, 11) is 0. The van der Waals surface area contributed by atoms with Crippen molar-refractivity contribution in [3.05, 3.63) is 65.6 Å². The Labute approximate surface area is 188 Å². The number of imide groups is 1. The molecule has 2 aliphatic rings. The molecule has 3 heterocycles. The van der Waals surface area contributed by atoms with E-state index in [0.717, 1.165) is 11.3 Å². The van der Waals surface area contributed by atoms with Crippen molar-refractivity contribution < 1.29 is 19.1 Å². The number of benzene rings is 1. The van der Waals surface area contributed by atoms with Crippen LogP contribution in [0.15, 0.2) is 54.5 Å². The second-order valence-corrected chi connectivity index (χ2v) is 8.63. The predicted octanol–water partition coefficient (Wildman–Crippen LogP) is 3.26. The molecule has 2 aliphatic heterocycles. The van der Waals surface area contributed by atoms with Gasteiger partial charge in [-0.05, 0) is 63.1 Å². The topological polar surface area (TPSA) is 72.0 Å². The Bertz CT molecular complexity index is 1010. The lowest BCUT2D eigenvalue weighted by atomic mass is 10.0. The zero-order valence-electron chi connectivity index (χ0n) is 18.9. The smallest absolute Gasteiger partial charge is 0.278 e. The van der Waals surface area contributed by atoms with Crippen LogP contribution in [0.25, 0.3) is 5.57 Å². The van der Waals surface area contributed by atoms with Gasteiger partial charge in [-0.2, -0.15) is 0 Å². The number of hydrogen-bond acceptors (Lipinski definition) is 6. The third-order valence-corrected chi connectivity index (χ3v) is 5.48. The molecule has 1 aromatic heterocycles. The van der Waals surface area contributed by atoms with Crippen molar-refractivity contribution >= 4 is 17.4 Å². The van der Waals surface area contributed by atoms with Gasteiger partial charge in [0.2, 0.25) is 0 Å². The fourth-order valence-electron chi connectivity index (χ4n) is 4.26. The number of nitrogens with zero attached hydrogens (tertiary/aromatic N) is 3. The van der Waals surface area contributed by atoms with Crippen LogP contribution in [0, 0.1) is 0 Å². The monoisotopic (exact) mass is 435 g/mol. The van der Waals surface area contributed by atoms with Crippen molar-refractivity contribution in [3.63, 3.8) is 0 Å². The summed E-state index contributed by atoms with van der Waals surface area (Å²) in [6.07, 6.45) is 3.30. The van der Waals surface area contributed by atoms with E-state index in [1.807, 2.05) is 69.0 Å². The fraction of sp³-hybridized carbons (Fsp3) is 0.400. The highest BCUT2D eigenvalue weighted by Gasteiger charge is 2.43. The zero-order chi connectivity index (χ0) is 22.8. The number of morpholine rings is 1. The van der Waals surface area contributed by atoms with Crippen molar-refractivity contribution in [1.82, 2.24) is 14.8 Å². The first-order chi connectivity index (χ1) is 15.3. The van der Waals surface area contributed by atoms with Gasteiger partial charge in [0.1, 0.15) is 11.4 Å². The van der Waals surface area contributed by atoms with Crippen LogP contribution in [-0.4, -0.2) is 58.0 Å². The standard InChI is InChI=1S/C25H29N3O4/c1-16(2)31-21-7-5-20(6-8-21)22-23(27-13-17(3)32-18(4)14-27)25(30)28(24(22)29)15-19-9-11-26-12-10-19/h5-12,16-18H,13-15H2,1-4H3. The highest BCUT2D eigenvalue weighted by atomic mass is 16.5. The Hall–Kier alpha value is -3.19. The molecule has 2 unspecified atom stereocenters. The zero-order valence-corrected chi connectivity index (χ0v) is 18.9. The Morgan fingerprint density at radius 2 is 1.62 bits per heavy atom. The lowest BCUT2D eigenvalue weighted by Crippen LogP contribution is -2.46. The minimum Gasteiger partial charge on any atom is -0.491 e. The molecule has 32 heavy (non-hydrogen) atoms. The van der Waals surface area contributed by atoms with Crippen LogP contribution < -0.4 is 4.74 Å². The molecular formula is C25H29N3O4. The van der Waals surface area contributed by atoms with Crippen LogP contribution >= 0.6 is 0 Å². The number of rotatable bonds is 6. The highest BCUT2D eigenvalue weighted by Crippen LogP contribution is 2.34. The molecule has 7 heteroatoms. The quantitative estimate of drug-likeness (QED) is 0.649. The molecule has 0 aliphatic carbocycles. The van der Waals surface area contributed by atoms with Gasteiger partial charge in [0.05, 0.1) is 30.4 Å². The lowest BCUT2D eigenvalue weighted by Gasteiger charge is -2.37. The Balaban J connectivity index is 1.72. The molecule has 1 fully saturated rings. The van der Waals surface area contributed by atoms with Crippen LogP contribution in [-0.2, 0) is 20.9 Å². The summed E-state index contributed by atoms with van der Waals surface area (Å²) >= 11 is 0. The van der Waals surface area contributed by atoms with Gasteiger partial charge in [-0.3, -0.25) is 19.5 Å². The van der Waals surface area contributed by atoms with Crippen molar-refractivity contribution in [2.75, 3.05) is 13.1 Å². The summed E-state index contributed by atoms with van der Waals surface area (Å²) < 4.78 is 11.6. The molecule has 2 amide bonds. The summed E-state index contributed by atoms with van der Waals surface area (Å²) in [4.78, 5) is 34.4. The molecule has 2 aromatic rings. The normalized spacial score (nSPS) is 21.7. The molecule has 0 radical (unpaired) electrons. The molecule has 4 rings (SSSR count). The molecular weight excluding hydrogens is 406 g/mol. The number of carbonyl (C=O) groups excluding carboxylic acids is 2. The summed E-state index contributed by atoms with van der Waals surface area (Å²) in [5, 5.41) is 0. The summed E-state index contributed by atoms with van der Waals surface area (Å²) in [6, 6.07) is 11.0. The number of ether oxygens (including phenoxy) is 2. The van der Waals surface area contributed by atoms with Gasteiger partial charge in [-0.15, -0.1) is 0 Å². The van der Waals surface area contributed by atoms with E-state index in [2.05, 4.69) is 4.98 Å². The Morgan fingerprint density at radius 3 is 2.22 bits per heavy atom. The molecule has 0 bridgehead atoms. The minimum atomic E-state index is -0.286. The number of hydrogen-bond donors (Lipinski definition) is 0. The van der Waals surface area contributed by atoms with Gasteiger partial charge < -0.3 is 14.4 Å². The van der Waals surface area contributed by atoms with Crippen molar-refractivity contribution in [2.24, 2.45) is 0 Å². The van der Waals surface area contributed by atoms with Gasteiger partial charge in [-0.25, -0.2) is 0 Å². The maximum Gasteiger partial charge on any atom is 0.278 e. The highest BCUT2D eigenvalue weighted by molar-refractivity contribution is 6.35. The van der Waals surface area contributed by atoms with Crippen LogP contribution in [0.2, 0.25) is 0 Å². The van der Waals surface area contributed by atoms with Crippen LogP contribution in [0.1, 0.15) is 38.8 Å². The number of carbonyl (C=O) groups is 2. The molecule has 1 saturated heterocycles. The van der Waals surface area contributed by atoms with E-state index in [-0.39, 0.29) is 36.7 Å². The first-order valence-electron chi connectivity index (χ1n) is 11.0. The molecule has 0 N–H and O–H groups in total. The van der Waals surface area contributed by atoms with Crippen molar-refractivity contribution in [1.29, 1.82) is 0 Å². The number of amides is 2. The molecule has 1 aromatic carbocycles. The second kappa shape index (κ2) is 9.12. The van der Waals surface area contributed by atoms with E-state index in [4.69, 9.17) is 9.47 Å². The molecule has 168 valence electrons. The van der Waals surface area contributed by atoms with Crippen LogP contribution in [0.5, 0.6) is 5.75 Å². The van der Waals surface area contributed by atoms with Gasteiger partial charge in [-0.1, -0.05) is 12.1 Å². The van der Waals surface area contributed by atoms with Gasteiger partial charge >= 0.3 is 0 Å². The summed E-state index contributed by atoms with van der Waals surface area (Å²) in [5.41, 5.74) is 2.44. The van der Waals surface area contributed by atoms with E-state index in [1.54, 1.807) is 12.4 Å². The Morgan fingerprint density at radius 1 is 1.00 bits per heavy atom. The molecule has 7 nitrogen and oxygen atoms in total. The second-order valence-electron chi connectivity index (χ2n) is 8.63. The Kier molecular flexibility index (Phi) is 6.28. The van der Waals surface area contributed by atoms with E-state index in [1.165, 1.54) is 4.90 Å². The fourth-order valence-corrected chi connectivity index (χ4v) is 4.26. The predicted molar refractivity (Wildman–Crippen MR) is 121 cm³/mol. The third kappa shape index (κ3) is 4.53. The molecule has 0 saturated carbocycles. The molecule has 0 spiro atoms. The van der Waals surface area contributed by atoms with Gasteiger partial charge in [0.15, 0.2) is 0 Å². The van der Waals surface area contributed by atoms with E-state index >= 15 is 0 Å².